The minimum atomic E-state index is 0.214. The third kappa shape index (κ3) is 2.72. The lowest BCUT2D eigenvalue weighted by molar-refractivity contribution is 0.301. The number of para-hydroxylation sites is 1. The van der Waals surface area contributed by atoms with Gasteiger partial charge in [0.25, 0.3) is 0 Å². The zero-order valence-electron chi connectivity index (χ0n) is 10.3. The summed E-state index contributed by atoms with van der Waals surface area (Å²) in [6.45, 7) is 0.893. The lowest BCUT2D eigenvalue weighted by Gasteiger charge is -2.10. The van der Waals surface area contributed by atoms with Crippen molar-refractivity contribution in [2.45, 2.75) is 19.4 Å². The molecule has 19 heavy (non-hydrogen) atoms. The molecule has 2 N–H and O–H groups in total. The van der Waals surface area contributed by atoms with Gasteiger partial charge in [0.2, 0.25) is 11.7 Å². The summed E-state index contributed by atoms with van der Waals surface area (Å²) in [5.41, 5.74) is 6.20. The van der Waals surface area contributed by atoms with Crippen molar-refractivity contribution in [1.29, 1.82) is 0 Å². The number of nitrogens with zero attached hydrogens (tertiary/aromatic N) is 2. The van der Waals surface area contributed by atoms with Crippen molar-refractivity contribution in [3.8, 4) is 17.1 Å². The van der Waals surface area contributed by atoms with Gasteiger partial charge >= 0.3 is 0 Å². The minimum Gasteiger partial charge on any atom is -0.491 e. The van der Waals surface area contributed by atoms with Crippen LogP contribution in [-0.4, -0.2) is 16.7 Å². The highest BCUT2D eigenvalue weighted by molar-refractivity contribution is 6.32. The molecule has 0 aliphatic heterocycles. The van der Waals surface area contributed by atoms with E-state index in [1.54, 1.807) is 6.07 Å². The summed E-state index contributed by atoms with van der Waals surface area (Å²) in [6.07, 6.45) is 2.44. The molecule has 6 heteroatoms. The third-order valence-electron chi connectivity index (χ3n) is 3.01. The summed E-state index contributed by atoms with van der Waals surface area (Å²) in [6, 6.07) is 5.48. The van der Waals surface area contributed by atoms with Gasteiger partial charge in [0.05, 0.1) is 23.7 Å². The first-order valence-corrected chi connectivity index (χ1v) is 6.60. The largest absolute Gasteiger partial charge is 0.491 e. The molecule has 1 heterocycles. The Morgan fingerprint density at radius 2 is 2.26 bits per heavy atom. The van der Waals surface area contributed by atoms with Gasteiger partial charge in [0.15, 0.2) is 0 Å². The number of halogens is 1. The van der Waals surface area contributed by atoms with Gasteiger partial charge in [-0.3, -0.25) is 0 Å². The molecule has 0 spiro atoms. The fourth-order valence-corrected chi connectivity index (χ4v) is 1.99. The Balaban J connectivity index is 1.91. The zero-order chi connectivity index (χ0) is 13.2. The summed E-state index contributed by atoms with van der Waals surface area (Å²) in [7, 11) is 0. The van der Waals surface area contributed by atoms with Crippen LogP contribution in [0.15, 0.2) is 22.7 Å². The average Bonchev–Trinajstić information content (AvgIpc) is 3.12. The Bertz CT molecular complexity index is 581. The molecular weight excluding hydrogens is 266 g/mol. The standard InChI is InChI=1S/C13H14ClN3O2/c14-10-3-1-2-9(12(10)18-7-8-4-5-8)13-16-11(6-15)19-17-13/h1-3,8H,4-7,15H2. The molecule has 0 bridgehead atoms. The van der Waals surface area contributed by atoms with Crippen LogP contribution < -0.4 is 10.5 Å². The van der Waals surface area contributed by atoms with Crippen molar-refractivity contribution in [2.24, 2.45) is 11.7 Å². The second-order valence-corrected chi connectivity index (χ2v) is 4.99. The molecule has 0 unspecified atom stereocenters. The summed E-state index contributed by atoms with van der Waals surface area (Å²) in [5, 5.41) is 4.45. The highest BCUT2D eigenvalue weighted by atomic mass is 35.5. The van der Waals surface area contributed by atoms with E-state index in [2.05, 4.69) is 10.1 Å². The van der Waals surface area contributed by atoms with Gasteiger partial charge in [-0.2, -0.15) is 4.98 Å². The van der Waals surface area contributed by atoms with E-state index >= 15 is 0 Å². The van der Waals surface area contributed by atoms with Crippen LogP contribution in [0.1, 0.15) is 18.7 Å². The third-order valence-corrected chi connectivity index (χ3v) is 3.31. The van der Waals surface area contributed by atoms with Crippen LogP contribution in [0.5, 0.6) is 5.75 Å². The van der Waals surface area contributed by atoms with Crippen LogP contribution in [0.3, 0.4) is 0 Å². The highest BCUT2D eigenvalue weighted by Crippen LogP contribution is 2.37. The number of aromatic nitrogens is 2. The Hall–Kier alpha value is -1.59. The topological polar surface area (TPSA) is 74.2 Å². The lowest BCUT2D eigenvalue weighted by Crippen LogP contribution is -2.01. The molecule has 1 aromatic heterocycles. The number of ether oxygens (including phenoxy) is 1. The van der Waals surface area contributed by atoms with E-state index in [4.69, 9.17) is 26.6 Å². The quantitative estimate of drug-likeness (QED) is 0.911. The average molecular weight is 280 g/mol. The first kappa shape index (κ1) is 12.4. The maximum Gasteiger partial charge on any atom is 0.240 e. The van der Waals surface area contributed by atoms with Crippen LogP contribution in [0.25, 0.3) is 11.4 Å². The number of hydrogen-bond acceptors (Lipinski definition) is 5. The first-order valence-electron chi connectivity index (χ1n) is 6.22. The molecule has 1 aliphatic rings. The molecule has 1 fully saturated rings. The molecule has 1 aliphatic carbocycles. The van der Waals surface area contributed by atoms with Crippen LogP contribution >= 0.6 is 11.6 Å². The molecule has 0 saturated heterocycles. The molecule has 100 valence electrons. The normalized spacial score (nSPS) is 14.6. The van der Waals surface area contributed by atoms with Crippen molar-refractivity contribution in [3.63, 3.8) is 0 Å². The Morgan fingerprint density at radius 1 is 1.42 bits per heavy atom. The first-order chi connectivity index (χ1) is 9.28. The smallest absolute Gasteiger partial charge is 0.240 e. The lowest BCUT2D eigenvalue weighted by atomic mass is 10.2. The molecule has 0 atom stereocenters. The van der Waals surface area contributed by atoms with E-state index in [1.165, 1.54) is 12.8 Å². The van der Waals surface area contributed by atoms with Crippen LogP contribution in [-0.2, 0) is 6.54 Å². The van der Waals surface area contributed by atoms with Gasteiger partial charge in [-0.25, -0.2) is 0 Å². The van der Waals surface area contributed by atoms with E-state index in [0.717, 1.165) is 5.56 Å². The molecule has 1 saturated carbocycles. The molecule has 0 amide bonds. The number of rotatable bonds is 5. The Kier molecular flexibility index (Phi) is 3.40. The fraction of sp³-hybridized carbons (Fsp3) is 0.385. The Labute approximate surface area is 115 Å². The van der Waals surface area contributed by atoms with Crippen LogP contribution in [0.4, 0.5) is 0 Å². The number of nitrogens with two attached hydrogens (primary N) is 1. The monoisotopic (exact) mass is 279 g/mol. The summed E-state index contributed by atoms with van der Waals surface area (Å²) in [4.78, 5) is 4.20. The Morgan fingerprint density at radius 3 is 2.95 bits per heavy atom. The molecule has 1 aromatic carbocycles. The van der Waals surface area contributed by atoms with Crippen molar-refractivity contribution in [3.05, 3.63) is 29.1 Å². The predicted octanol–water partition coefficient (Wildman–Crippen LogP) is 2.64. The number of benzene rings is 1. The van der Waals surface area contributed by atoms with Gasteiger partial charge in [0, 0.05) is 0 Å². The van der Waals surface area contributed by atoms with Crippen molar-refractivity contribution in [1.82, 2.24) is 10.1 Å². The van der Waals surface area contributed by atoms with Crippen molar-refractivity contribution in [2.75, 3.05) is 6.61 Å². The number of hydrogen-bond donors (Lipinski definition) is 1. The van der Waals surface area contributed by atoms with Crippen LogP contribution in [0.2, 0.25) is 5.02 Å². The van der Waals surface area contributed by atoms with Gasteiger partial charge in [-0.15, -0.1) is 0 Å². The van der Waals surface area contributed by atoms with E-state index in [0.29, 0.717) is 35.0 Å². The fourth-order valence-electron chi connectivity index (χ4n) is 1.76. The summed E-state index contributed by atoms with van der Waals surface area (Å²) in [5.74, 6) is 2.10. The molecule has 0 radical (unpaired) electrons. The second-order valence-electron chi connectivity index (χ2n) is 4.59. The maximum absolute atomic E-state index is 6.19. The van der Waals surface area contributed by atoms with Crippen molar-refractivity contribution >= 4 is 11.6 Å². The van der Waals surface area contributed by atoms with E-state index < -0.39 is 0 Å². The van der Waals surface area contributed by atoms with E-state index in [1.807, 2.05) is 12.1 Å². The van der Waals surface area contributed by atoms with Gasteiger partial charge in [-0.1, -0.05) is 22.8 Å². The van der Waals surface area contributed by atoms with E-state index in [9.17, 15) is 0 Å². The SMILES string of the molecule is NCc1nc(-c2cccc(Cl)c2OCC2CC2)no1. The molecular formula is C13H14ClN3O2. The molecule has 5 nitrogen and oxygen atoms in total. The molecule has 2 aromatic rings. The predicted molar refractivity (Wildman–Crippen MR) is 70.9 cm³/mol. The summed E-state index contributed by atoms with van der Waals surface area (Å²) >= 11 is 6.19. The minimum absolute atomic E-state index is 0.214. The summed E-state index contributed by atoms with van der Waals surface area (Å²) < 4.78 is 10.8. The maximum atomic E-state index is 6.19. The van der Waals surface area contributed by atoms with Gasteiger partial charge in [0.1, 0.15) is 5.75 Å². The second kappa shape index (κ2) is 5.19. The zero-order valence-corrected chi connectivity index (χ0v) is 11.1. The van der Waals surface area contributed by atoms with Gasteiger partial charge in [-0.05, 0) is 30.9 Å². The molecule has 3 rings (SSSR count). The van der Waals surface area contributed by atoms with Crippen molar-refractivity contribution < 1.29 is 9.26 Å². The van der Waals surface area contributed by atoms with E-state index in [-0.39, 0.29) is 6.54 Å². The highest BCUT2D eigenvalue weighted by Gasteiger charge is 2.24. The van der Waals surface area contributed by atoms with Gasteiger partial charge < -0.3 is 15.0 Å². The van der Waals surface area contributed by atoms with Crippen LogP contribution in [0, 0.1) is 5.92 Å².